The van der Waals surface area contributed by atoms with E-state index >= 15 is 0 Å². The third-order valence-electron chi connectivity index (χ3n) is 12.9. The minimum atomic E-state index is -1.82. The smallest absolute Gasteiger partial charge is 0.305 e. The molecular formula is C56H84N12O15. The fourth-order valence-corrected chi connectivity index (χ4v) is 8.79. The highest BCUT2D eigenvalue weighted by atomic mass is 16.4. The van der Waals surface area contributed by atoms with Crippen LogP contribution in [-0.2, 0) is 65.6 Å². The number of fused-ring (bicyclic) bond motifs is 1. The van der Waals surface area contributed by atoms with Crippen molar-refractivity contribution in [2.45, 2.75) is 179 Å². The molecule has 1 heterocycles. The van der Waals surface area contributed by atoms with Gasteiger partial charge in [0, 0.05) is 48.4 Å². The van der Waals surface area contributed by atoms with E-state index in [1.54, 1.807) is 57.3 Å². The molecule has 0 spiro atoms. The van der Waals surface area contributed by atoms with E-state index in [2.05, 4.69) is 52.8 Å². The predicted molar refractivity (Wildman–Crippen MR) is 304 cm³/mol. The van der Waals surface area contributed by atoms with Crippen LogP contribution >= 0.6 is 0 Å². The molecule has 0 fully saturated rings. The Balaban J connectivity index is 1.76. The average Bonchev–Trinajstić information content (AvgIpc) is 4.12. The molecule has 0 saturated carbocycles. The number of amides is 10. The van der Waals surface area contributed by atoms with Gasteiger partial charge >= 0.3 is 5.97 Å². The lowest BCUT2D eigenvalue weighted by Crippen LogP contribution is -2.60. The van der Waals surface area contributed by atoms with Crippen LogP contribution in [0.25, 0.3) is 10.9 Å². The minimum Gasteiger partial charge on any atom is -0.481 e. The third-order valence-corrected chi connectivity index (χ3v) is 12.9. The molecule has 1 aromatic heterocycles. The number of carbonyl (C=O) groups excluding carboxylic acids is 10. The Bertz CT molecular complexity index is 2690. The number of nitrogens with two attached hydrogens (primary N) is 2. The number of benzene rings is 2. The largest absolute Gasteiger partial charge is 0.481 e. The second kappa shape index (κ2) is 33.8. The predicted octanol–water partition coefficient (Wildman–Crippen LogP) is -2.19. The maximum Gasteiger partial charge on any atom is 0.305 e. The molecule has 3 aromatic rings. The highest BCUT2D eigenvalue weighted by molar-refractivity contribution is 5.98. The number of aliphatic carboxylic acids is 1. The van der Waals surface area contributed by atoms with Crippen molar-refractivity contribution < 1.29 is 73.2 Å². The second-order valence-corrected chi connectivity index (χ2v) is 22.0. The SMILES string of the molecule is CC(C)C[C@H](NC(=O)[C@H](CCC(N)=O)NC(=O)[C@H](Cc1ccccc1)NC(=O)[C@H](Cc1c[nH]c2ccccc12)NC(=O)C[C@@H](C)O)C(=O)NCCCC[C@H](NC(C)(C)C)C(=O)N[C@@H](CO)C(=O)N[C@@H](CC(=O)O)C(=O)N[C@H](C(N)=O)[C@@H](C)O. The van der Waals surface area contributed by atoms with Gasteiger partial charge in [-0.2, -0.15) is 0 Å². The standard InChI is InChI=1S/C56H84N12O15/c1-30(2)23-39(49(77)59-22-14-13-19-38(68-56(5,6)7)51(79)66-43(29-69)55(83)65-42(27-46(74)75)54(82)67-47(32(4)71)48(58)76)63-50(78)37(20-21-44(57)72)62-52(80)40(25-33-15-9-8-10-16-33)64-53(81)41(61-45(73)24-31(3)70)26-34-28-60-36-18-12-11-17-35(34)36/h8-12,15-18,28,30-32,37-43,47,60,68-71H,13-14,19-27,29H2,1-7H3,(H2,57,72)(H2,58,76)(H,59,77)(H,61,73)(H,62,80)(H,63,78)(H,64,81)(H,65,83)(H,66,79)(H,67,82)(H,74,75)/t31-,32-,37+,38+,39+,40+,41+,42+,43+,47+/m1/s1. The summed E-state index contributed by atoms with van der Waals surface area (Å²) < 4.78 is 0. The van der Waals surface area contributed by atoms with E-state index in [0.717, 1.165) is 17.8 Å². The number of aliphatic hydroxyl groups excluding tert-OH is 3. The number of hydrogen-bond donors (Lipinski definition) is 16. The molecule has 27 nitrogen and oxygen atoms in total. The molecular weight excluding hydrogens is 1080 g/mol. The van der Waals surface area contributed by atoms with Crippen molar-refractivity contribution in [1.29, 1.82) is 0 Å². The Morgan fingerprint density at radius 2 is 1.13 bits per heavy atom. The fraction of sp³-hybridized carbons (Fsp3) is 0.554. The van der Waals surface area contributed by atoms with Gasteiger partial charge in [-0.1, -0.05) is 62.4 Å². The number of carbonyl (C=O) groups is 11. The molecule has 0 unspecified atom stereocenters. The molecule has 83 heavy (non-hydrogen) atoms. The van der Waals surface area contributed by atoms with Crippen molar-refractivity contribution in [3.05, 3.63) is 71.9 Å². The van der Waals surface area contributed by atoms with Crippen molar-refractivity contribution in [3.8, 4) is 0 Å². The molecule has 2 aromatic carbocycles. The summed E-state index contributed by atoms with van der Waals surface area (Å²) in [7, 11) is 0. The van der Waals surface area contributed by atoms with E-state index in [4.69, 9.17) is 11.5 Å². The summed E-state index contributed by atoms with van der Waals surface area (Å²) >= 11 is 0. The number of H-pyrrole nitrogens is 1. The highest BCUT2D eigenvalue weighted by Gasteiger charge is 2.35. The normalized spacial score (nSPS) is 15.1. The lowest BCUT2D eigenvalue weighted by Gasteiger charge is -2.29. The summed E-state index contributed by atoms with van der Waals surface area (Å²) in [6.45, 7) is 10.6. The van der Waals surface area contributed by atoms with Crippen molar-refractivity contribution in [2.24, 2.45) is 17.4 Å². The van der Waals surface area contributed by atoms with Gasteiger partial charge in [-0.15, -0.1) is 0 Å². The van der Waals surface area contributed by atoms with Gasteiger partial charge in [0.25, 0.3) is 0 Å². The Kier molecular flexibility index (Phi) is 28.2. The quantitative estimate of drug-likeness (QED) is 0.0275. The highest BCUT2D eigenvalue weighted by Crippen LogP contribution is 2.20. The van der Waals surface area contributed by atoms with E-state index < -0.39 is 144 Å². The zero-order chi connectivity index (χ0) is 62.1. The van der Waals surface area contributed by atoms with Crippen molar-refractivity contribution in [3.63, 3.8) is 0 Å². The van der Waals surface area contributed by atoms with E-state index in [9.17, 15) is 73.2 Å². The van der Waals surface area contributed by atoms with Gasteiger partial charge in [-0.3, -0.25) is 52.7 Å². The number of hydrogen-bond acceptors (Lipinski definition) is 15. The molecule has 0 aliphatic rings. The van der Waals surface area contributed by atoms with Crippen LogP contribution in [0.1, 0.15) is 111 Å². The van der Waals surface area contributed by atoms with E-state index in [1.807, 2.05) is 38.1 Å². The van der Waals surface area contributed by atoms with Crippen LogP contribution in [0.4, 0.5) is 0 Å². The topological polar surface area (TPSA) is 445 Å². The average molecular weight is 1170 g/mol. The fourth-order valence-electron chi connectivity index (χ4n) is 8.79. The molecule has 0 bridgehead atoms. The van der Waals surface area contributed by atoms with E-state index in [-0.39, 0.29) is 63.8 Å². The van der Waals surface area contributed by atoms with Crippen molar-refractivity contribution >= 4 is 75.9 Å². The molecule has 0 radical (unpaired) electrons. The van der Waals surface area contributed by atoms with Gasteiger partial charge < -0.3 is 84.7 Å². The van der Waals surface area contributed by atoms with E-state index in [1.165, 1.54) is 6.92 Å². The van der Waals surface area contributed by atoms with Crippen molar-refractivity contribution in [2.75, 3.05) is 13.2 Å². The second-order valence-electron chi connectivity index (χ2n) is 22.0. The number of carboxylic acid groups (broad SMARTS) is 1. The van der Waals surface area contributed by atoms with Gasteiger partial charge in [0.2, 0.25) is 59.1 Å². The van der Waals surface area contributed by atoms with E-state index in [0.29, 0.717) is 17.5 Å². The molecule has 0 aliphatic heterocycles. The number of aromatic nitrogens is 1. The van der Waals surface area contributed by atoms with Crippen molar-refractivity contribution in [1.82, 2.24) is 52.8 Å². The number of primary amides is 2. The number of carboxylic acids is 1. The maximum absolute atomic E-state index is 14.4. The Morgan fingerprint density at radius 3 is 1.71 bits per heavy atom. The monoisotopic (exact) mass is 1160 g/mol. The van der Waals surface area contributed by atoms with Crippen LogP contribution in [0.2, 0.25) is 0 Å². The summed E-state index contributed by atoms with van der Waals surface area (Å²) in [4.78, 5) is 148. The number of rotatable bonds is 36. The van der Waals surface area contributed by atoms with Gasteiger partial charge in [-0.05, 0) is 89.8 Å². The van der Waals surface area contributed by atoms with Gasteiger partial charge in [0.15, 0.2) is 0 Å². The first-order chi connectivity index (χ1) is 39.0. The summed E-state index contributed by atoms with van der Waals surface area (Å²) in [6.07, 6.45) is -1.97. The Labute approximate surface area is 481 Å². The summed E-state index contributed by atoms with van der Waals surface area (Å²) in [5, 5.41) is 63.5. The number of para-hydroxylation sites is 1. The van der Waals surface area contributed by atoms with Gasteiger partial charge in [0.05, 0.1) is 37.7 Å². The van der Waals surface area contributed by atoms with Crippen LogP contribution in [0.5, 0.6) is 0 Å². The number of aliphatic hydroxyl groups is 3. The molecule has 458 valence electrons. The van der Waals surface area contributed by atoms with Gasteiger partial charge in [-0.25, -0.2) is 0 Å². The summed E-state index contributed by atoms with van der Waals surface area (Å²) in [5.74, 6) is -10.3. The number of unbranched alkanes of at least 4 members (excludes halogenated alkanes) is 1. The number of aromatic amines is 1. The molecule has 3 rings (SSSR count). The molecule has 18 N–H and O–H groups in total. The third kappa shape index (κ3) is 24.9. The lowest BCUT2D eigenvalue weighted by atomic mass is 10.0. The molecule has 10 amide bonds. The minimum absolute atomic E-state index is 0.00786. The zero-order valence-corrected chi connectivity index (χ0v) is 48.0. The van der Waals surface area contributed by atoms with Crippen LogP contribution in [0.15, 0.2) is 60.8 Å². The molecule has 0 aliphatic carbocycles. The molecule has 0 saturated heterocycles. The van der Waals surface area contributed by atoms with Crippen LogP contribution < -0.4 is 59.3 Å². The van der Waals surface area contributed by atoms with Crippen LogP contribution in [-0.4, -0.2) is 170 Å². The maximum atomic E-state index is 14.4. The first kappa shape index (κ1) is 69.3. The Hall–Kier alpha value is -8.01. The van der Waals surface area contributed by atoms with Crippen LogP contribution in [0, 0.1) is 5.92 Å². The van der Waals surface area contributed by atoms with Crippen LogP contribution in [0.3, 0.4) is 0 Å². The van der Waals surface area contributed by atoms with Gasteiger partial charge in [0.1, 0.15) is 42.3 Å². The summed E-state index contributed by atoms with van der Waals surface area (Å²) in [6, 6.07) is 4.70. The first-order valence-electron chi connectivity index (χ1n) is 27.5. The number of nitrogens with one attached hydrogen (secondary N) is 10. The lowest BCUT2D eigenvalue weighted by molar-refractivity contribution is -0.142. The molecule has 27 heteroatoms. The Morgan fingerprint density at radius 1 is 0.590 bits per heavy atom. The summed E-state index contributed by atoms with van der Waals surface area (Å²) in [5.41, 5.74) is 12.1. The first-order valence-corrected chi connectivity index (χ1v) is 27.5. The molecule has 10 atom stereocenters. The zero-order valence-electron chi connectivity index (χ0n) is 48.0.